The quantitative estimate of drug-likeness (QED) is 0.648. The molecule has 1 aliphatic heterocycles. The average Bonchev–Trinajstić information content (AvgIpc) is 3.10. The van der Waals surface area contributed by atoms with E-state index >= 15 is 0 Å². The standard InChI is InChI=1S/C19H18ClF3N4O3/c20-12-4-2-1-3-11(12)14-16(29)15(28)13-17(19(21,22)23)25-27(18(13)24-14)6-5-26-7-9-30-10-8-26/h1-4,29H,5-10H2,(H,24,28). The highest BCUT2D eigenvalue weighted by Gasteiger charge is 2.39. The Hall–Kier alpha value is -2.56. The molecule has 1 aliphatic rings. The molecule has 7 nitrogen and oxygen atoms in total. The normalized spacial score (nSPS) is 15.7. The van der Waals surface area contributed by atoms with Gasteiger partial charge in [-0.05, 0) is 6.07 Å². The van der Waals surface area contributed by atoms with Gasteiger partial charge >= 0.3 is 6.18 Å². The number of ether oxygens (including phenoxy) is 1. The van der Waals surface area contributed by atoms with Crippen LogP contribution >= 0.6 is 11.6 Å². The number of hydrogen-bond acceptors (Lipinski definition) is 5. The number of H-pyrrole nitrogens is 1. The second-order valence-corrected chi connectivity index (χ2v) is 7.31. The lowest BCUT2D eigenvalue weighted by Crippen LogP contribution is -2.38. The van der Waals surface area contributed by atoms with Gasteiger partial charge in [-0.25, -0.2) is 4.68 Å². The van der Waals surface area contributed by atoms with Gasteiger partial charge in [0.15, 0.2) is 11.4 Å². The number of aromatic nitrogens is 3. The summed E-state index contributed by atoms with van der Waals surface area (Å²) in [5, 5.41) is 13.6. The number of halogens is 4. The molecule has 0 amide bonds. The van der Waals surface area contributed by atoms with Crippen LogP contribution < -0.4 is 5.43 Å². The molecule has 1 fully saturated rings. The van der Waals surface area contributed by atoms with E-state index in [0.29, 0.717) is 38.4 Å². The summed E-state index contributed by atoms with van der Waals surface area (Å²) in [7, 11) is 0. The predicted octanol–water partition coefficient (Wildman–Crippen LogP) is 3.10. The number of alkyl halides is 3. The second kappa shape index (κ2) is 7.93. The molecule has 1 aromatic carbocycles. The van der Waals surface area contributed by atoms with Crippen LogP contribution in [0.3, 0.4) is 0 Å². The van der Waals surface area contributed by atoms with Gasteiger partial charge in [-0.15, -0.1) is 0 Å². The largest absolute Gasteiger partial charge is 0.503 e. The molecule has 1 saturated heterocycles. The summed E-state index contributed by atoms with van der Waals surface area (Å²) in [6, 6.07) is 6.40. The fourth-order valence-corrected chi connectivity index (χ4v) is 3.72. The van der Waals surface area contributed by atoms with Gasteiger partial charge in [-0.2, -0.15) is 18.3 Å². The van der Waals surface area contributed by atoms with Crippen molar-refractivity contribution in [3.8, 4) is 17.0 Å². The molecule has 0 bridgehead atoms. The number of nitrogens with one attached hydrogen (secondary N) is 1. The number of hydrogen-bond donors (Lipinski definition) is 2. The van der Waals surface area contributed by atoms with Crippen LogP contribution in [0.25, 0.3) is 22.3 Å². The number of nitrogens with zero attached hydrogens (tertiary/aromatic N) is 3. The fourth-order valence-electron chi connectivity index (χ4n) is 3.49. The van der Waals surface area contributed by atoms with Gasteiger partial charge < -0.3 is 14.8 Å². The smallest absolute Gasteiger partial charge is 0.435 e. The molecule has 0 unspecified atom stereocenters. The van der Waals surface area contributed by atoms with Crippen LogP contribution in [-0.4, -0.2) is 57.6 Å². The van der Waals surface area contributed by atoms with E-state index < -0.39 is 28.4 Å². The molecule has 30 heavy (non-hydrogen) atoms. The van der Waals surface area contributed by atoms with E-state index in [4.69, 9.17) is 16.3 Å². The third-order valence-electron chi connectivity index (χ3n) is 5.02. The van der Waals surface area contributed by atoms with Crippen LogP contribution in [0.1, 0.15) is 5.69 Å². The Labute approximate surface area is 173 Å². The van der Waals surface area contributed by atoms with Crippen molar-refractivity contribution in [1.29, 1.82) is 0 Å². The van der Waals surface area contributed by atoms with Crippen molar-refractivity contribution in [2.45, 2.75) is 12.7 Å². The van der Waals surface area contributed by atoms with Gasteiger partial charge in [0.1, 0.15) is 11.0 Å². The minimum absolute atomic E-state index is 0.0562. The number of pyridine rings is 1. The predicted molar refractivity (Wildman–Crippen MR) is 105 cm³/mol. The van der Waals surface area contributed by atoms with Crippen LogP contribution in [0, 0.1) is 0 Å². The molecule has 3 aromatic rings. The molecule has 0 saturated carbocycles. The first-order chi connectivity index (χ1) is 14.3. The van der Waals surface area contributed by atoms with E-state index in [-0.39, 0.29) is 22.9 Å². The number of fused-ring (bicyclic) bond motifs is 1. The molecule has 0 aliphatic carbocycles. The molecule has 0 radical (unpaired) electrons. The molecular weight excluding hydrogens is 425 g/mol. The van der Waals surface area contributed by atoms with Crippen molar-refractivity contribution in [1.82, 2.24) is 19.7 Å². The van der Waals surface area contributed by atoms with E-state index in [1.807, 2.05) is 4.90 Å². The molecule has 11 heteroatoms. The summed E-state index contributed by atoms with van der Waals surface area (Å²) in [6.45, 7) is 2.97. The summed E-state index contributed by atoms with van der Waals surface area (Å²) in [4.78, 5) is 17.5. The molecule has 0 atom stereocenters. The van der Waals surface area contributed by atoms with E-state index in [1.165, 1.54) is 0 Å². The van der Waals surface area contributed by atoms with Gasteiger partial charge in [0, 0.05) is 25.2 Å². The van der Waals surface area contributed by atoms with Crippen LogP contribution in [0.4, 0.5) is 13.2 Å². The highest BCUT2D eigenvalue weighted by molar-refractivity contribution is 6.33. The lowest BCUT2D eigenvalue weighted by molar-refractivity contribution is -0.140. The highest BCUT2D eigenvalue weighted by atomic mass is 35.5. The summed E-state index contributed by atoms with van der Waals surface area (Å²) in [5.74, 6) is -0.839. The maximum atomic E-state index is 13.6. The third-order valence-corrected chi connectivity index (χ3v) is 5.35. The SMILES string of the molecule is O=c1c(O)c(-c2ccccc2Cl)[nH]c2c1c(C(F)(F)F)nn2CCN1CCOCC1. The zero-order valence-electron chi connectivity index (χ0n) is 15.7. The Morgan fingerprint density at radius 1 is 1.20 bits per heavy atom. The number of rotatable bonds is 4. The third kappa shape index (κ3) is 3.78. The zero-order valence-corrected chi connectivity index (χ0v) is 16.4. The van der Waals surface area contributed by atoms with Crippen LogP contribution in [0.15, 0.2) is 29.1 Å². The second-order valence-electron chi connectivity index (χ2n) is 6.90. The van der Waals surface area contributed by atoms with Crippen molar-refractivity contribution >= 4 is 22.6 Å². The highest BCUT2D eigenvalue weighted by Crippen LogP contribution is 2.36. The first-order valence-corrected chi connectivity index (χ1v) is 9.63. The zero-order chi connectivity index (χ0) is 21.5. The van der Waals surface area contributed by atoms with Crippen molar-refractivity contribution in [3.05, 3.63) is 45.2 Å². The van der Waals surface area contributed by atoms with Gasteiger partial charge in [0.25, 0.3) is 0 Å². The van der Waals surface area contributed by atoms with Crippen LogP contribution in [0.2, 0.25) is 5.02 Å². The summed E-state index contributed by atoms with van der Waals surface area (Å²) >= 11 is 6.16. The molecular formula is C19H18ClF3N4O3. The topological polar surface area (TPSA) is 83.4 Å². The Morgan fingerprint density at radius 2 is 1.90 bits per heavy atom. The van der Waals surface area contributed by atoms with Crippen LogP contribution in [0.5, 0.6) is 5.75 Å². The first-order valence-electron chi connectivity index (χ1n) is 9.25. The molecule has 160 valence electrons. The fraction of sp³-hybridized carbons (Fsp3) is 0.368. The molecule has 2 N–H and O–H groups in total. The average molecular weight is 443 g/mol. The lowest BCUT2D eigenvalue weighted by atomic mass is 10.1. The maximum Gasteiger partial charge on any atom is 0.435 e. The minimum atomic E-state index is -4.85. The lowest BCUT2D eigenvalue weighted by Gasteiger charge is -2.26. The Bertz CT molecular complexity index is 1140. The summed E-state index contributed by atoms with van der Waals surface area (Å²) in [5.41, 5.74) is -2.36. The first kappa shape index (κ1) is 20.7. The van der Waals surface area contributed by atoms with Gasteiger partial charge in [-0.1, -0.05) is 29.8 Å². The minimum Gasteiger partial charge on any atom is -0.503 e. The van der Waals surface area contributed by atoms with E-state index in [1.54, 1.807) is 24.3 Å². The summed E-state index contributed by atoms with van der Waals surface area (Å²) < 4.78 is 47.1. The van der Waals surface area contributed by atoms with Crippen molar-refractivity contribution < 1.29 is 23.0 Å². The maximum absolute atomic E-state index is 13.6. The Balaban J connectivity index is 1.86. The molecule has 2 aromatic heterocycles. The Kier molecular flexibility index (Phi) is 5.48. The molecule has 0 spiro atoms. The monoisotopic (exact) mass is 442 g/mol. The van der Waals surface area contributed by atoms with Crippen molar-refractivity contribution in [2.24, 2.45) is 0 Å². The van der Waals surface area contributed by atoms with Crippen molar-refractivity contribution in [3.63, 3.8) is 0 Å². The number of benzene rings is 1. The van der Waals surface area contributed by atoms with Gasteiger partial charge in [0.05, 0.1) is 30.5 Å². The van der Waals surface area contributed by atoms with Gasteiger partial charge in [-0.3, -0.25) is 9.69 Å². The summed E-state index contributed by atoms with van der Waals surface area (Å²) in [6.07, 6.45) is -4.85. The van der Waals surface area contributed by atoms with E-state index in [2.05, 4.69) is 10.1 Å². The van der Waals surface area contributed by atoms with E-state index in [0.717, 1.165) is 4.68 Å². The van der Waals surface area contributed by atoms with E-state index in [9.17, 15) is 23.1 Å². The Morgan fingerprint density at radius 3 is 2.57 bits per heavy atom. The number of aromatic amines is 1. The van der Waals surface area contributed by atoms with Gasteiger partial charge in [0.2, 0.25) is 5.43 Å². The molecule has 3 heterocycles. The number of aromatic hydroxyl groups is 1. The van der Waals surface area contributed by atoms with Crippen LogP contribution in [-0.2, 0) is 17.5 Å². The number of morpholine rings is 1. The molecule has 4 rings (SSSR count). The van der Waals surface area contributed by atoms with Crippen molar-refractivity contribution in [2.75, 3.05) is 32.8 Å².